The average Bonchev–Trinajstić information content (AvgIpc) is 2.15. The van der Waals surface area contributed by atoms with E-state index in [1.165, 1.54) is 5.56 Å². The van der Waals surface area contributed by atoms with Crippen LogP contribution in [0.1, 0.15) is 18.9 Å². The quantitative estimate of drug-likeness (QED) is 0.555. The molecule has 13 heavy (non-hydrogen) atoms. The number of aryl methyl sites for hydroxylation is 1. The first-order valence-corrected chi connectivity index (χ1v) is 4.75. The lowest BCUT2D eigenvalue weighted by Crippen LogP contribution is -1.96. The predicted molar refractivity (Wildman–Crippen MR) is 55.7 cm³/mol. The Hall–Kier alpha value is -1.02. The van der Waals surface area contributed by atoms with E-state index in [4.69, 9.17) is 10.5 Å². The van der Waals surface area contributed by atoms with Crippen LogP contribution in [0.3, 0.4) is 0 Å². The average molecular weight is 179 g/mol. The standard InChI is InChI=1S/C11H17NO/c1-2-13-9-3-4-10-5-7-11(12)8-6-10/h5-8H,2-4,9,12H2,1H3. The number of hydrogen-bond acceptors (Lipinski definition) is 2. The Morgan fingerprint density at radius 1 is 1.23 bits per heavy atom. The Morgan fingerprint density at radius 2 is 1.92 bits per heavy atom. The van der Waals surface area contributed by atoms with Crippen molar-refractivity contribution >= 4 is 5.69 Å². The molecule has 0 aliphatic carbocycles. The van der Waals surface area contributed by atoms with Gasteiger partial charge in [-0.3, -0.25) is 0 Å². The summed E-state index contributed by atoms with van der Waals surface area (Å²) in [6.07, 6.45) is 2.15. The van der Waals surface area contributed by atoms with Crippen LogP contribution in [0, 0.1) is 0 Å². The molecule has 0 atom stereocenters. The fourth-order valence-corrected chi connectivity index (χ4v) is 1.21. The third-order valence-electron chi connectivity index (χ3n) is 1.94. The fourth-order valence-electron chi connectivity index (χ4n) is 1.21. The molecule has 0 unspecified atom stereocenters. The number of hydrogen-bond donors (Lipinski definition) is 1. The highest BCUT2D eigenvalue weighted by atomic mass is 16.5. The number of nitrogen functional groups attached to an aromatic ring is 1. The summed E-state index contributed by atoms with van der Waals surface area (Å²) < 4.78 is 5.25. The van der Waals surface area contributed by atoms with E-state index in [9.17, 15) is 0 Å². The molecule has 72 valence electrons. The zero-order chi connectivity index (χ0) is 9.52. The highest BCUT2D eigenvalue weighted by Gasteiger charge is 1.92. The van der Waals surface area contributed by atoms with Crippen LogP contribution in [-0.4, -0.2) is 13.2 Å². The van der Waals surface area contributed by atoms with Crippen molar-refractivity contribution in [2.45, 2.75) is 19.8 Å². The highest BCUT2D eigenvalue weighted by molar-refractivity contribution is 5.39. The van der Waals surface area contributed by atoms with Crippen LogP contribution in [0.25, 0.3) is 0 Å². The van der Waals surface area contributed by atoms with Gasteiger partial charge in [0, 0.05) is 18.9 Å². The Labute approximate surface area is 79.7 Å². The van der Waals surface area contributed by atoms with E-state index in [0.29, 0.717) is 0 Å². The fraction of sp³-hybridized carbons (Fsp3) is 0.455. The van der Waals surface area contributed by atoms with Gasteiger partial charge >= 0.3 is 0 Å². The number of anilines is 1. The maximum atomic E-state index is 5.58. The first-order valence-electron chi connectivity index (χ1n) is 4.75. The molecule has 1 rings (SSSR count). The summed E-state index contributed by atoms with van der Waals surface area (Å²) in [5.74, 6) is 0. The molecule has 0 aromatic heterocycles. The molecule has 0 saturated heterocycles. The molecular formula is C11H17NO. The molecular weight excluding hydrogens is 162 g/mol. The lowest BCUT2D eigenvalue weighted by Gasteiger charge is -2.02. The monoisotopic (exact) mass is 179 g/mol. The second-order valence-electron chi connectivity index (χ2n) is 3.04. The number of rotatable bonds is 5. The Morgan fingerprint density at radius 3 is 2.54 bits per heavy atom. The predicted octanol–water partition coefficient (Wildman–Crippen LogP) is 2.24. The van der Waals surface area contributed by atoms with Crippen LogP contribution in [0.5, 0.6) is 0 Å². The van der Waals surface area contributed by atoms with Gasteiger partial charge in [0.2, 0.25) is 0 Å². The van der Waals surface area contributed by atoms with E-state index in [1.54, 1.807) is 0 Å². The van der Waals surface area contributed by atoms with E-state index < -0.39 is 0 Å². The summed E-state index contributed by atoms with van der Waals surface area (Å²) in [4.78, 5) is 0. The van der Waals surface area contributed by atoms with E-state index in [2.05, 4.69) is 12.1 Å². The summed E-state index contributed by atoms with van der Waals surface area (Å²) in [5.41, 5.74) is 7.73. The zero-order valence-corrected chi connectivity index (χ0v) is 8.12. The van der Waals surface area contributed by atoms with Crippen LogP contribution >= 0.6 is 0 Å². The minimum atomic E-state index is 0.807. The van der Waals surface area contributed by atoms with Crippen LogP contribution in [-0.2, 0) is 11.2 Å². The molecule has 0 amide bonds. The molecule has 1 aromatic rings. The largest absolute Gasteiger partial charge is 0.399 e. The molecule has 0 aliphatic heterocycles. The zero-order valence-electron chi connectivity index (χ0n) is 8.12. The second kappa shape index (κ2) is 5.60. The van der Waals surface area contributed by atoms with Crippen LogP contribution in [0.2, 0.25) is 0 Å². The molecule has 2 nitrogen and oxygen atoms in total. The van der Waals surface area contributed by atoms with Gasteiger partial charge in [-0.25, -0.2) is 0 Å². The molecule has 0 fully saturated rings. The van der Waals surface area contributed by atoms with Crippen molar-refractivity contribution in [2.75, 3.05) is 18.9 Å². The van der Waals surface area contributed by atoms with E-state index in [0.717, 1.165) is 31.7 Å². The summed E-state index contributed by atoms with van der Waals surface area (Å²) in [6.45, 7) is 3.67. The molecule has 0 aliphatic rings. The van der Waals surface area contributed by atoms with Crippen molar-refractivity contribution in [2.24, 2.45) is 0 Å². The molecule has 0 bridgehead atoms. The van der Waals surface area contributed by atoms with E-state index in [-0.39, 0.29) is 0 Å². The van der Waals surface area contributed by atoms with Gasteiger partial charge in [-0.15, -0.1) is 0 Å². The van der Waals surface area contributed by atoms with Gasteiger partial charge in [0.05, 0.1) is 0 Å². The summed E-state index contributed by atoms with van der Waals surface area (Å²) in [5, 5.41) is 0. The topological polar surface area (TPSA) is 35.2 Å². The van der Waals surface area contributed by atoms with E-state index >= 15 is 0 Å². The Kier molecular flexibility index (Phi) is 4.33. The molecule has 0 saturated carbocycles. The van der Waals surface area contributed by atoms with Crippen LogP contribution < -0.4 is 5.73 Å². The second-order valence-corrected chi connectivity index (χ2v) is 3.04. The first-order chi connectivity index (χ1) is 6.33. The van der Waals surface area contributed by atoms with E-state index in [1.807, 2.05) is 19.1 Å². The first kappa shape index (κ1) is 10.1. The molecule has 2 N–H and O–H groups in total. The minimum absolute atomic E-state index is 0.807. The summed E-state index contributed by atoms with van der Waals surface area (Å²) in [6, 6.07) is 8.02. The van der Waals surface area contributed by atoms with Gasteiger partial charge in [0.15, 0.2) is 0 Å². The smallest absolute Gasteiger partial charge is 0.0469 e. The van der Waals surface area contributed by atoms with Crippen molar-refractivity contribution < 1.29 is 4.74 Å². The van der Waals surface area contributed by atoms with Gasteiger partial charge in [0.25, 0.3) is 0 Å². The third kappa shape index (κ3) is 3.95. The normalized spacial score (nSPS) is 10.2. The molecule has 0 heterocycles. The Bertz CT molecular complexity index is 230. The van der Waals surface area contributed by atoms with Gasteiger partial charge in [-0.2, -0.15) is 0 Å². The SMILES string of the molecule is CCOCCCc1ccc(N)cc1. The number of ether oxygens (including phenoxy) is 1. The van der Waals surface area contributed by atoms with Gasteiger partial charge < -0.3 is 10.5 Å². The molecule has 2 heteroatoms. The third-order valence-corrected chi connectivity index (χ3v) is 1.94. The van der Waals surface area contributed by atoms with Crippen LogP contribution in [0.15, 0.2) is 24.3 Å². The van der Waals surface area contributed by atoms with Crippen molar-refractivity contribution in [1.29, 1.82) is 0 Å². The Balaban J connectivity index is 2.25. The summed E-state index contributed by atoms with van der Waals surface area (Å²) >= 11 is 0. The van der Waals surface area contributed by atoms with Gasteiger partial charge in [0.1, 0.15) is 0 Å². The summed E-state index contributed by atoms with van der Waals surface area (Å²) in [7, 11) is 0. The highest BCUT2D eigenvalue weighted by Crippen LogP contribution is 2.07. The van der Waals surface area contributed by atoms with Crippen molar-refractivity contribution in [3.05, 3.63) is 29.8 Å². The van der Waals surface area contributed by atoms with Crippen molar-refractivity contribution in [3.63, 3.8) is 0 Å². The lowest BCUT2D eigenvalue weighted by atomic mass is 10.1. The number of nitrogens with two attached hydrogens (primary N) is 1. The van der Waals surface area contributed by atoms with Crippen molar-refractivity contribution in [3.8, 4) is 0 Å². The molecule has 0 radical (unpaired) electrons. The maximum Gasteiger partial charge on any atom is 0.0469 e. The lowest BCUT2D eigenvalue weighted by molar-refractivity contribution is 0.145. The van der Waals surface area contributed by atoms with Gasteiger partial charge in [-0.1, -0.05) is 12.1 Å². The van der Waals surface area contributed by atoms with Gasteiger partial charge in [-0.05, 0) is 37.5 Å². The van der Waals surface area contributed by atoms with Crippen LogP contribution in [0.4, 0.5) is 5.69 Å². The minimum Gasteiger partial charge on any atom is -0.399 e. The molecule has 0 spiro atoms. The molecule has 1 aromatic carbocycles. The number of benzene rings is 1. The van der Waals surface area contributed by atoms with Crippen molar-refractivity contribution in [1.82, 2.24) is 0 Å². The maximum absolute atomic E-state index is 5.58.